The summed E-state index contributed by atoms with van der Waals surface area (Å²) in [6.45, 7) is 0.617. The fourth-order valence-electron chi connectivity index (χ4n) is 2.37. The molecule has 0 radical (unpaired) electrons. The van der Waals surface area contributed by atoms with Gasteiger partial charge in [0.05, 0.1) is 12.2 Å². The number of aliphatic carboxylic acids is 1. The maximum absolute atomic E-state index is 12.6. The molecule has 0 heterocycles. The van der Waals surface area contributed by atoms with Gasteiger partial charge in [0.1, 0.15) is 0 Å². The number of rotatable bonds is 6. The lowest BCUT2D eigenvalue weighted by Crippen LogP contribution is -2.48. The lowest BCUT2D eigenvalue weighted by atomic mass is 10.00. The first kappa shape index (κ1) is 19.1. The normalized spacial score (nSPS) is 11.5. The number of amides is 1. The molecular formula is C19H19NO6. The minimum absolute atomic E-state index is 0.0859. The average molecular weight is 357 g/mol. The zero-order chi connectivity index (χ0) is 19.1. The highest BCUT2D eigenvalue weighted by atomic mass is 16.7. The Hall–Kier alpha value is -3.19. The van der Waals surface area contributed by atoms with Crippen LogP contribution in [0.1, 0.15) is 23.7 Å². The number of hydroxylamine groups is 2. The number of benzene rings is 2. The Bertz CT molecular complexity index is 790. The average Bonchev–Trinajstić information content (AvgIpc) is 2.67. The smallest absolute Gasteiger partial charge is 0.363 e. The fraction of sp³-hybridized carbons (Fsp3) is 0.211. The number of aliphatic hydroxyl groups excluding tert-OH is 1. The van der Waals surface area contributed by atoms with E-state index in [0.717, 1.165) is 5.56 Å². The predicted octanol–water partition coefficient (Wildman–Crippen LogP) is 2.11. The minimum atomic E-state index is -1.67. The van der Waals surface area contributed by atoms with E-state index in [9.17, 15) is 19.5 Å². The van der Waals surface area contributed by atoms with Gasteiger partial charge in [-0.3, -0.25) is 4.79 Å². The molecular weight excluding hydrogens is 338 g/mol. The van der Waals surface area contributed by atoms with Crippen molar-refractivity contribution in [2.75, 3.05) is 6.61 Å². The van der Waals surface area contributed by atoms with Gasteiger partial charge < -0.3 is 15.1 Å². The first-order valence-corrected chi connectivity index (χ1v) is 8.02. The van der Waals surface area contributed by atoms with Gasteiger partial charge in [0.25, 0.3) is 5.91 Å². The van der Waals surface area contributed by atoms with Gasteiger partial charge in [-0.2, -0.15) is 5.06 Å². The molecule has 2 aromatic carbocycles. The third-order valence-corrected chi connectivity index (χ3v) is 3.70. The summed E-state index contributed by atoms with van der Waals surface area (Å²) in [5, 5.41) is 18.8. The second-order valence-corrected chi connectivity index (χ2v) is 5.40. The van der Waals surface area contributed by atoms with Gasteiger partial charge in [-0.15, -0.1) is 0 Å². The van der Waals surface area contributed by atoms with E-state index in [-0.39, 0.29) is 12.0 Å². The summed E-state index contributed by atoms with van der Waals surface area (Å²) >= 11 is 0. The summed E-state index contributed by atoms with van der Waals surface area (Å²) in [5.74, 6) is -3.08. The van der Waals surface area contributed by atoms with Crippen molar-refractivity contribution in [1.29, 1.82) is 0 Å². The molecule has 0 saturated heterocycles. The van der Waals surface area contributed by atoms with Crippen LogP contribution in [0.15, 0.2) is 54.6 Å². The molecule has 1 atom stereocenters. The molecule has 2 rings (SSSR count). The number of nitrogens with zero attached hydrogens (tertiary/aromatic N) is 1. The first-order valence-electron chi connectivity index (χ1n) is 8.02. The van der Waals surface area contributed by atoms with Crippen molar-refractivity contribution in [3.05, 3.63) is 60.2 Å². The van der Waals surface area contributed by atoms with E-state index >= 15 is 0 Å². The summed E-state index contributed by atoms with van der Waals surface area (Å²) in [6.07, 6.45) is -0.0859. The van der Waals surface area contributed by atoms with Gasteiger partial charge in [0, 0.05) is 6.42 Å². The Labute approximate surface area is 150 Å². The predicted molar refractivity (Wildman–Crippen MR) is 92.9 cm³/mol. The van der Waals surface area contributed by atoms with Crippen LogP contribution in [0.3, 0.4) is 0 Å². The van der Waals surface area contributed by atoms with Crippen molar-refractivity contribution in [2.45, 2.75) is 19.4 Å². The molecule has 0 aliphatic carbocycles. The van der Waals surface area contributed by atoms with Crippen molar-refractivity contribution >= 4 is 17.8 Å². The Morgan fingerprint density at radius 1 is 1.04 bits per heavy atom. The van der Waals surface area contributed by atoms with E-state index in [0.29, 0.717) is 10.6 Å². The van der Waals surface area contributed by atoms with Gasteiger partial charge in [0.15, 0.2) is 6.04 Å². The van der Waals surface area contributed by atoms with Gasteiger partial charge in [-0.25, -0.2) is 9.59 Å². The van der Waals surface area contributed by atoms with Gasteiger partial charge in [0.2, 0.25) is 0 Å². The van der Waals surface area contributed by atoms with Crippen molar-refractivity contribution in [3.63, 3.8) is 0 Å². The van der Waals surface area contributed by atoms with Crippen molar-refractivity contribution < 1.29 is 29.4 Å². The number of carboxylic acid groups (broad SMARTS) is 1. The molecule has 2 N–H and O–H groups in total. The molecule has 0 aliphatic heterocycles. The molecule has 0 saturated carbocycles. The van der Waals surface area contributed by atoms with Gasteiger partial charge in [-0.1, -0.05) is 55.5 Å². The third kappa shape index (κ3) is 4.25. The van der Waals surface area contributed by atoms with Crippen molar-refractivity contribution in [2.24, 2.45) is 0 Å². The summed E-state index contributed by atoms with van der Waals surface area (Å²) in [6, 6.07) is 14.1. The number of carbonyl (C=O) groups excluding carboxylic acids is 2. The third-order valence-electron chi connectivity index (χ3n) is 3.70. The van der Waals surface area contributed by atoms with Crippen molar-refractivity contribution in [3.8, 4) is 11.1 Å². The zero-order valence-electron chi connectivity index (χ0n) is 14.2. The number of carboxylic acids is 1. The molecule has 0 aliphatic rings. The number of aliphatic hydroxyl groups is 1. The van der Waals surface area contributed by atoms with Crippen LogP contribution in [-0.4, -0.2) is 45.8 Å². The van der Waals surface area contributed by atoms with Crippen LogP contribution in [0.4, 0.5) is 0 Å². The Kier molecular flexibility index (Phi) is 6.46. The summed E-state index contributed by atoms with van der Waals surface area (Å²) in [7, 11) is 0. The van der Waals surface area contributed by atoms with E-state index in [1.165, 1.54) is 13.0 Å². The molecule has 0 aromatic heterocycles. The van der Waals surface area contributed by atoms with Crippen LogP contribution in [-0.2, 0) is 14.4 Å². The lowest BCUT2D eigenvalue weighted by Gasteiger charge is -2.25. The van der Waals surface area contributed by atoms with E-state index in [1.54, 1.807) is 18.2 Å². The number of carbonyl (C=O) groups is 3. The first-order chi connectivity index (χ1) is 12.5. The summed E-state index contributed by atoms with van der Waals surface area (Å²) < 4.78 is 0. The Balaban J connectivity index is 2.36. The van der Waals surface area contributed by atoms with Crippen LogP contribution >= 0.6 is 0 Å². The molecule has 136 valence electrons. The second kappa shape index (κ2) is 8.77. The minimum Gasteiger partial charge on any atom is -0.480 e. The van der Waals surface area contributed by atoms with Gasteiger partial charge >= 0.3 is 11.9 Å². The van der Waals surface area contributed by atoms with E-state index in [1.807, 2.05) is 30.3 Å². The Morgan fingerprint density at radius 2 is 1.65 bits per heavy atom. The molecule has 1 amide bonds. The molecule has 2 aromatic rings. The van der Waals surface area contributed by atoms with E-state index < -0.39 is 30.5 Å². The van der Waals surface area contributed by atoms with Gasteiger partial charge in [-0.05, 0) is 17.2 Å². The zero-order valence-corrected chi connectivity index (χ0v) is 14.2. The largest absolute Gasteiger partial charge is 0.480 e. The maximum atomic E-state index is 12.6. The molecule has 26 heavy (non-hydrogen) atoms. The second-order valence-electron chi connectivity index (χ2n) is 5.40. The standard InChI is InChI=1S/C19H19NO6/c1-2-17(22)20(16(12-21)18(23)24)26-19(25)15-11-7-6-10-14(15)13-8-4-3-5-9-13/h3-11,16,21H,2,12H2,1H3,(H,23,24)/t16-/m0/s1. The molecule has 0 bridgehead atoms. The fourth-order valence-corrected chi connectivity index (χ4v) is 2.37. The molecule has 0 fully saturated rings. The number of hydrogen-bond donors (Lipinski definition) is 2. The van der Waals surface area contributed by atoms with Crippen LogP contribution < -0.4 is 0 Å². The van der Waals surface area contributed by atoms with Crippen LogP contribution in [0, 0.1) is 0 Å². The quantitative estimate of drug-likeness (QED) is 0.768. The van der Waals surface area contributed by atoms with Crippen LogP contribution in [0.25, 0.3) is 11.1 Å². The number of hydrogen-bond acceptors (Lipinski definition) is 5. The van der Waals surface area contributed by atoms with E-state index in [4.69, 9.17) is 9.94 Å². The topological polar surface area (TPSA) is 104 Å². The summed E-state index contributed by atoms with van der Waals surface area (Å²) in [4.78, 5) is 41.0. The van der Waals surface area contributed by atoms with Crippen molar-refractivity contribution in [1.82, 2.24) is 5.06 Å². The lowest BCUT2D eigenvalue weighted by molar-refractivity contribution is -0.190. The van der Waals surface area contributed by atoms with Crippen LogP contribution in [0.5, 0.6) is 0 Å². The van der Waals surface area contributed by atoms with Crippen LogP contribution in [0.2, 0.25) is 0 Å². The highest BCUT2D eigenvalue weighted by Gasteiger charge is 2.32. The molecule has 7 nitrogen and oxygen atoms in total. The molecule has 0 unspecified atom stereocenters. The monoisotopic (exact) mass is 357 g/mol. The highest BCUT2D eigenvalue weighted by molar-refractivity contribution is 5.98. The SMILES string of the molecule is CCC(=O)N(OC(=O)c1ccccc1-c1ccccc1)[C@@H](CO)C(=O)O. The highest BCUT2D eigenvalue weighted by Crippen LogP contribution is 2.24. The maximum Gasteiger partial charge on any atom is 0.363 e. The Morgan fingerprint density at radius 3 is 2.23 bits per heavy atom. The summed E-state index contributed by atoms with van der Waals surface area (Å²) in [5.41, 5.74) is 1.53. The molecule has 0 spiro atoms. The molecule has 7 heteroatoms. The van der Waals surface area contributed by atoms with E-state index in [2.05, 4.69) is 0 Å².